The second-order valence-corrected chi connectivity index (χ2v) is 5.66. The highest BCUT2D eigenvalue weighted by atomic mass is 32.1. The summed E-state index contributed by atoms with van der Waals surface area (Å²) in [7, 11) is 0. The topological polar surface area (TPSA) is 33.6 Å². The molecule has 5 heteroatoms. The lowest BCUT2D eigenvalue weighted by Gasteiger charge is -2.05. The lowest BCUT2D eigenvalue weighted by Crippen LogP contribution is -2.01. The Labute approximate surface area is 111 Å². The van der Waals surface area contributed by atoms with Crippen LogP contribution >= 0.6 is 23.6 Å². The summed E-state index contributed by atoms with van der Waals surface area (Å²) in [5.41, 5.74) is 2.51. The van der Waals surface area contributed by atoms with Crippen molar-refractivity contribution in [1.29, 1.82) is 0 Å². The third-order valence-corrected chi connectivity index (χ3v) is 4.35. The maximum absolute atomic E-state index is 5.28. The van der Waals surface area contributed by atoms with Crippen LogP contribution in [0.4, 0.5) is 0 Å². The average Bonchev–Trinajstić information content (AvgIpc) is 2.82. The SMILES string of the molecule is CCCCn1c(-c2csc(C)c2C)n[nH]c1=S. The molecule has 0 aliphatic rings. The summed E-state index contributed by atoms with van der Waals surface area (Å²) in [4.78, 5) is 1.34. The maximum Gasteiger partial charge on any atom is 0.195 e. The van der Waals surface area contributed by atoms with Crippen LogP contribution in [0.2, 0.25) is 0 Å². The number of aryl methyl sites for hydroxylation is 1. The number of hydrogen-bond acceptors (Lipinski definition) is 3. The van der Waals surface area contributed by atoms with Crippen LogP contribution in [0, 0.1) is 18.6 Å². The Morgan fingerprint density at radius 1 is 1.47 bits per heavy atom. The lowest BCUT2D eigenvalue weighted by atomic mass is 10.1. The number of hydrogen-bond donors (Lipinski definition) is 1. The molecule has 1 N–H and O–H groups in total. The quantitative estimate of drug-likeness (QED) is 0.847. The summed E-state index contributed by atoms with van der Waals surface area (Å²) in [5, 5.41) is 9.43. The standard InChI is InChI=1S/C12H17N3S2/c1-4-5-6-15-11(13-14-12(15)16)10-7-17-9(3)8(10)2/h7H,4-6H2,1-3H3,(H,14,16). The lowest BCUT2D eigenvalue weighted by molar-refractivity contribution is 0.629. The van der Waals surface area contributed by atoms with Crippen LogP contribution in [-0.2, 0) is 6.54 Å². The van der Waals surface area contributed by atoms with Crippen molar-refractivity contribution in [2.45, 2.75) is 40.2 Å². The average molecular weight is 267 g/mol. The third-order valence-electron chi connectivity index (χ3n) is 3.02. The van der Waals surface area contributed by atoms with Gasteiger partial charge in [-0.2, -0.15) is 5.10 Å². The van der Waals surface area contributed by atoms with Crippen molar-refractivity contribution < 1.29 is 0 Å². The van der Waals surface area contributed by atoms with E-state index in [0.29, 0.717) is 0 Å². The molecule has 0 aromatic carbocycles. The molecule has 17 heavy (non-hydrogen) atoms. The zero-order chi connectivity index (χ0) is 12.4. The number of nitrogens with one attached hydrogen (secondary N) is 1. The van der Waals surface area contributed by atoms with E-state index < -0.39 is 0 Å². The molecule has 2 heterocycles. The van der Waals surface area contributed by atoms with Gasteiger partial charge in [-0.25, -0.2) is 0 Å². The summed E-state index contributed by atoms with van der Waals surface area (Å²) in [6, 6.07) is 0. The van der Waals surface area contributed by atoms with Crippen LogP contribution < -0.4 is 0 Å². The van der Waals surface area contributed by atoms with E-state index in [0.717, 1.165) is 30.0 Å². The summed E-state index contributed by atoms with van der Waals surface area (Å²) < 4.78 is 2.82. The molecule has 3 nitrogen and oxygen atoms in total. The molecule has 0 saturated carbocycles. The van der Waals surface area contributed by atoms with E-state index in [-0.39, 0.29) is 0 Å². The minimum absolute atomic E-state index is 0.719. The highest BCUT2D eigenvalue weighted by Crippen LogP contribution is 2.29. The molecule has 0 unspecified atom stereocenters. The Balaban J connectivity index is 2.45. The number of unbranched alkanes of at least 4 members (excludes halogenated alkanes) is 1. The van der Waals surface area contributed by atoms with Crippen molar-refractivity contribution in [2.24, 2.45) is 0 Å². The molecule has 0 fully saturated rings. The van der Waals surface area contributed by atoms with Gasteiger partial charge in [0.1, 0.15) is 0 Å². The van der Waals surface area contributed by atoms with Gasteiger partial charge in [-0.1, -0.05) is 13.3 Å². The van der Waals surface area contributed by atoms with Crippen LogP contribution in [0.15, 0.2) is 5.38 Å². The van der Waals surface area contributed by atoms with Crippen LogP contribution in [0.3, 0.4) is 0 Å². The molecule has 2 aromatic heterocycles. The molecule has 0 aliphatic carbocycles. The molecular formula is C12H17N3S2. The van der Waals surface area contributed by atoms with Gasteiger partial charge in [0.05, 0.1) is 0 Å². The molecule has 0 radical (unpaired) electrons. The van der Waals surface area contributed by atoms with Gasteiger partial charge in [0.2, 0.25) is 0 Å². The van der Waals surface area contributed by atoms with E-state index in [9.17, 15) is 0 Å². The molecule has 0 amide bonds. The van der Waals surface area contributed by atoms with Crippen LogP contribution in [0.5, 0.6) is 0 Å². The van der Waals surface area contributed by atoms with Gasteiger partial charge in [0.25, 0.3) is 0 Å². The molecule has 0 saturated heterocycles. The molecule has 2 rings (SSSR count). The van der Waals surface area contributed by atoms with Crippen molar-refractivity contribution >= 4 is 23.6 Å². The van der Waals surface area contributed by atoms with Crippen LogP contribution in [0.25, 0.3) is 11.4 Å². The van der Waals surface area contributed by atoms with E-state index in [4.69, 9.17) is 12.2 Å². The van der Waals surface area contributed by atoms with E-state index in [2.05, 4.69) is 40.9 Å². The Hall–Kier alpha value is -0.940. The van der Waals surface area contributed by atoms with Gasteiger partial charge >= 0.3 is 0 Å². The number of aromatic nitrogens is 3. The Morgan fingerprint density at radius 3 is 2.82 bits per heavy atom. The fraction of sp³-hybridized carbons (Fsp3) is 0.500. The second kappa shape index (κ2) is 5.14. The first-order chi connectivity index (χ1) is 8.15. The van der Waals surface area contributed by atoms with Gasteiger partial charge in [0.15, 0.2) is 10.6 Å². The highest BCUT2D eigenvalue weighted by molar-refractivity contribution is 7.71. The first-order valence-electron chi connectivity index (χ1n) is 5.85. The minimum Gasteiger partial charge on any atom is -0.300 e. The van der Waals surface area contributed by atoms with Crippen molar-refractivity contribution in [3.8, 4) is 11.4 Å². The summed E-state index contributed by atoms with van der Waals surface area (Å²) in [6.45, 7) is 7.41. The zero-order valence-electron chi connectivity index (χ0n) is 10.4. The van der Waals surface area contributed by atoms with Crippen molar-refractivity contribution in [1.82, 2.24) is 14.8 Å². The number of nitrogens with zero attached hydrogens (tertiary/aromatic N) is 2. The fourth-order valence-corrected chi connectivity index (χ4v) is 2.87. The fourth-order valence-electron chi connectivity index (χ4n) is 1.78. The second-order valence-electron chi connectivity index (χ2n) is 4.19. The number of thiophene rings is 1. The summed E-state index contributed by atoms with van der Waals surface area (Å²) in [6.07, 6.45) is 2.29. The van der Waals surface area contributed by atoms with Crippen LogP contribution in [0.1, 0.15) is 30.2 Å². The molecular weight excluding hydrogens is 250 g/mol. The number of rotatable bonds is 4. The Kier molecular flexibility index (Phi) is 3.79. The largest absolute Gasteiger partial charge is 0.300 e. The first kappa shape index (κ1) is 12.5. The summed E-state index contributed by atoms with van der Waals surface area (Å²) in [5.74, 6) is 0.977. The molecule has 0 aliphatic heterocycles. The normalized spacial score (nSPS) is 11.0. The third kappa shape index (κ3) is 2.35. The number of H-pyrrole nitrogens is 1. The predicted octanol–water partition coefficient (Wildman–Crippen LogP) is 4.09. The van der Waals surface area contributed by atoms with Crippen molar-refractivity contribution in [3.05, 3.63) is 20.6 Å². The Bertz CT molecular complexity index is 563. The molecule has 2 aromatic rings. The molecule has 0 spiro atoms. The van der Waals surface area contributed by atoms with Crippen LogP contribution in [-0.4, -0.2) is 14.8 Å². The minimum atomic E-state index is 0.719. The first-order valence-corrected chi connectivity index (χ1v) is 7.14. The van der Waals surface area contributed by atoms with Gasteiger partial charge in [-0.05, 0) is 38.0 Å². The van der Waals surface area contributed by atoms with E-state index in [1.54, 1.807) is 11.3 Å². The smallest absolute Gasteiger partial charge is 0.195 e. The molecule has 0 atom stereocenters. The van der Waals surface area contributed by atoms with Gasteiger partial charge in [0, 0.05) is 22.4 Å². The van der Waals surface area contributed by atoms with Gasteiger partial charge in [-0.3, -0.25) is 5.10 Å². The van der Waals surface area contributed by atoms with Crippen molar-refractivity contribution in [2.75, 3.05) is 0 Å². The van der Waals surface area contributed by atoms with Crippen molar-refractivity contribution in [3.63, 3.8) is 0 Å². The number of aromatic amines is 1. The van der Waals surface area contributed by atoms with E-state index in [1.807, 2.05) is 0 Å². The monoisotopic (exact) mass is 267 g/mol. The van der Waals surface area contributed by atoms with Gasteiger partial charge in [-0.15, -0.1) is 11.3 Å². The highest BCUT2D eigenvalue weighted by Gasteiger charge is 2.13. The zero-order valence-corrected chi connectivity index (χ0v) is 12.0. The molecule has 0 bridgehead atoms. The van der Waals surface area contributed by atoms with Gasteiger partial charge < -0.3 is 4.57 Å². The molecule has 92 valence electrons. The maximum atomic E-state index is 5.28. The van der Waals surface area contributed by atoms with E-state index in [1.165, 1.54) is 16.0 Å². The van der Waals surface area contributed by atoms with E-state index >= 15 is 0 Å². The predicted molar refractivity (Wildman–Crippen MR) is 75.1 cm³/mol. The summed E-state index contributed by atoms with van der Waals surface area (Å²) >= 11 is 7.05. The Morgan fingerprint density at radius 2 is 2.24 bits per heavy atom.